The monoisotopic (exact) mass is 453 g/mol. The Balaban J connectivity index is 1.70. The van der Waals surface area contributed by atoms with Gasteiger partial charge in [0.15, 0.2) is 0 Å². The predicted molar refractivity (Wildman–Crippen MR) is 114 cm³/mol. The van der Waals surface area contributed by atoms with Crippen LogP contribution in [-0.4, -0.2) is 36.0 Å². The first-order valence-corrected chi connectivity index (χ1v) is 10.4. The number of amides is 1. The number of halogens is 4. The lowest BCUT2D eigenvalue weighted by molar-refractivity contribution is -0.140. The summed E-state index contributed by atoms with van der Waals surface area (Å²) in [5.41, 5.74) is 3.48. The van der Waals surface area contributed by atoms with Crippen LogP contribution in [0.4, 0.5) is 29.2 Å². The van der Waals surface area contributed by atoms with Gasteiger partial charge < -0.3 is 16.0 Å². The van der Waals surface area contributed by atoms with Gasteiger partial charge in [-0.25, -0.2) is 14.4 Å². The van der Waals surface area contributed by atoms with Crippen LogP contribution in [0.3, 0.4) is 0 Å². The zero-order valence-corrected chi connectivity index (χ0v) is 18.3. The molecule has 32 heavy (non-hydrogen) atoms. The van der Waals surface area contributed by atoms with Crippen molar-refractivity contribution >= 4 is 17.5 Å². The van der Waals surface area contributed by atoms with Crippen molar-refractivity contribution in [3.63, 3.8) is 0 Å². The van der Waals surface area contributed by atoms with E-state index in [1.54, 1.807) is 0 Å². The van der Waals surface area contributed by atoms with Gasteiger partial charge in [0.05, 0.1) is 5.56 Å². The Bertz CT molecular complexity index is 985. The Morgan fingerprint density at radius 1 is 1.19 bits per heavy atom. The Kier molecular flexibility index (Phi) is 6.90. The summed E-state index contributed by atoms with van der Waals surface area (Å²) in [5, 5.41) is 3.40. The summed E-state index contributed by atoms with van der Waals surface area (Å²) in [6.07, 6.45) is -1.95. The van der Waals surface area contributed by atoms with Gasteiger partial charge in [0.1, 0.15) is 23.3 Å². The topological polar surface area (TPSA) is 84.1 Å². The summed E-state index contributed by atoms with van der Waals surface area (Å²) in [6.45, 7) is 1.81. The van der Waals surface area contributed by atoms with Gasteiger partial charge >= 0.3 is 6.18 Å². The number of carbonyl (C=O) groups is 1. The van der Waals surface area contributed by atoms with Crippen LogP contribution in [-0.2, 0) is 12.6 Å². The molecule has 0 unspecified atom stereocenters. The third-order valence-electron chi connectivity index (χ3n) is 5.79. The Labute approximate surface area is 184 Å². The minimum Gasteiger partial charge on any atom is -0.367 e. The van der Waals surface area contributed by atoms with Crippen molar-refractivity contribution in [2.45, 2.75) is 51.2 Å². The number of anilines is 2. The van der Waals surface area contributed by atoms with E-state index in [9.17, 15) is 22.4 Å². The molecule has 3 N–H and O–H groups in total. The highest BCUT2D eigenvalue weighted by atomic mass is 19.4. The van der Waals surface area contributed by atoms with E-state index in [1.807, 2.05) is 32.0 Å². The van der Waals surface area contributed by atoms with Crippen molar-refractivity contribution < 1.29 is 22.4 Å². The molecule has 1 saturated carbocycles. The number of aromatic nitrogens is 2. The Morgan fingerprint density at radius 2 is 1.84 bits per heavy atom. The first-order valence-electron chi connectivity index (χ1n) is 10.4. The van der Waals surface area contributed by atoms with Gasteiger partial charge in [-0.3, -0.25) is 4.79 Å². The SMILES string of the molecule is Cc1nc(NC2CCC(Cc3c(C(N)=O)ccc(C(F)(F)F)c3F)CC2)cc(N(C)C)n1. The highest BCUT2D eigenvalue weighted by molar-refractivity contribution is 5.94. The van der Waals surface area contributed by atoms with Crippen LogP contribution in [0.15, 0.2) is 18.2 Å². The average molecular weight is 453 g/mol. The van der Waals surface area contributed by atoms with Gasteiger partial charge in [-0.2, -0.15) is 13.2 Å². The average Bonchev–Trinajstić information content (AvgIpc) is 2.69. The van der Waals surface area contributed by atoms with E-state index in [1.165, 1.54) is 0 Å². The molecule has 0 bridgehead atoms. The summed E-state index contributed by atoms with van der Waals surface area (Å²) in [7, 11) is 3.79. The molecular formula is C22H27F4N5O. The number of nitrogens with one attached hydrogen (secondary N) is 1. The highest BCUT2D eigenvalue weighted by Crippen LogP contribution is 2.36. The van der Waals surface area contributed by atoms with Crippen LogP contribution in [0.1, 0.15) is 53.0 Å². The maximum atomic E-state index is 14.7. The number of rotatable bonds is 6. The number of alkyl halides is 3. The van der Waals surface area contributed by atoms with Crippen molar-refractivity contribution in [3.8, 4) is 0 Å². The van der Waals surface area contributed by atoms with Crippen molar-refractivity contribution in [2.75, 3.05) is 24.3 Å². The largest absolute Gasteiger partial charge is 0.419 e. The van der Waals surface area contributed by atoms with E-state index in [0.717, 1.165) is 24.7 Å². The van der Waals surface area contributed by atoms with Crippen molar-refractivity contribution in [1.29, 1.82) is 0 Å². The molecule has 1 aromatic heterocycles. The molecule has 0 radical (unpaired) electrons. The van der Waals surface area contributed by atoms with Gasteiger partial charge in [0.25, 0.3) is 0 Å². The maximum Gasteiger partial charge on any atom is 0.419 e. The molecule has 1 aromatic carbocycles. The molecule has 6 nitrogen and oxygen atoms in total. The molecule has 0 atom stereocenters. The second-order valence-corrected chi connectivity index (χ2v) is 8.43. The summed E-state index contributed by atoms with van der Waals surface area (Å²) >= 11 is 0. The first kappa shape index (κ1) is 23.7. The minimum absolute atomic E-state index is 0.0398. The Morgan fingerprint density at radius 3 is 2.41 bits per heavy atom. The van der Waals surface area contributed by atoms with Crippen molar-refractivity contribution in [2.24, 2.45) is 11.7 Å². The van der Waals surface area contributed by atoms with Crippen LogP contribution in [0, 0.1) is 18.7 Å². The molecule has 1 fully saturated rings. The van der Waals surface area contributed by atoms with Gasteiger partial charge in [-0.1, -0.05) is 0 Å². The standard InChI is InChI=1S/C22H27F4N5O/c1-12-28-18(11-19(29-12)31(2)3)30-14-6-4-13(5-7-14)10-16-15(21(27)32)8-9-17(20(16)23)22(24,25)26/h8-9,11,13-14H,4-7,10H2,1-3H3,(H2,27,32)(H,28,29,30). The van der Waals surface area contributed by atoms with Gasteiger partial charge in [0.2, 0.25) is 5.91 Å². The normalized spacial score (nSPS) is 19.0. The molecule has 3 rings (SSSR count). The molecule has 10 heteroatoms. The number of nitrogens with zero attached hydrogens (tertiary/aromatic N) is 3. The molecule has 1 heterocycles. The van der Waals surface area contributed by atoms with Gasteiger partial charge in [-0.05, 0) is 57.1 Å². The fraction of sp³-hybridized carbons (Fsp3) is 0.500. The molecule has 174 valence electrons. The molecule has 0 aliphatic heterocycles. The van der Waals surface area contributed by atoms with Crippen LogP contribution < -0.4 is 16.0 Å². The fourth-order valence-electron chi connectivity index (χ4n) is 4.13. The fourth-order valence-corrected chi connectivity index (χ4v) is 4.13. The predicted octanol–water partition coefficient (Wildman–Crippen LogP) is 4.32. The number of hydrogen-bond acceptors (Lipinski definition) is 5. The van der Waals surface area contributed by atoms with Crippen LogP contribution in [0.5, 0.6) is 0 Å². The van der Waals surface area contributed by atoms with Crippen LogP contribution in [0.25, 0.3) is 0 Å². The summed E-state index contributed by atoms with van der Waals surface area (Å²) in [5.74, 6) is -0.238. The van der Waals surface area contributed by atoms with Crippen LogP contribution in [0.2, 0.25) is 0 Å². The summed E-state index contributed by atoms with van der Waals surface area (Å²) in [4.78, 5) is 22.3. The maximum absolute atomic E-state index is 14.7. The van der Waals surface area contributed by atoms with Crippen molar-refractivity contribution in [1.82, 2.24) is 9.97 Å². The van der Waals surface area contributed by atoms with E-state index in [2.05, 4.69) is 15.3 Å². The molecule has 0 spiro atoms. The van der Waals surface area contributed by atoms with E-state index < -0.39 is 23.5 Å². The number of primary amides is 1. The summed E-state index contributed by atoms with van der Waals surface area (Å²) in [6, 6.07) is 3.54. The lowest BCUT2D eigenvalue weighted by Crippen LogP contribution is -2.28. The third-order valence-corrected chi connectivity index (χ3v) is 5.79. The van der Waals surface area contributed by atoms with Gasteiger partial charge in [0, 0.05) is 37.3 Å². The molecule has 1 amide bonds. The Hall–Kier alpha value is -2.91. The molecule has 0 saturated heterocycles. The third kappa shape index (κ3) is 5.46. The lowest BCUT2D eigenvalue weighted by Gasteiger charge is -2.30. The number of aryl methyl sites for hydroxylation is 1. The number of carbonyl (C=O) groups excluding carboxylic acids is 1. The molecular weight excluding hydrogens is 426 g/mol. The highest BCUT2D eigenvalue weighted by Gasteiger charge is 2.36. The number of hydrogen-bond donors (Lipinski definition) is 2. The second-order valence-electron chi connectivity index (χ2n) is 8.43. The van der Waals surface area contributed by atoms with E-state index in [0.29, 0.717) is 30.6 Å². The van der Waals surface area contributed by atoms with E-state index >= 15 is 0 Å². The van der Waals surface area contributed by atoms with Gasteiger partial charge in [-0.15, -0.1) is 0 Å². The molecule has 1 aliphatic rings. The van der Waals surface area contributed by atoms with E-state index in [4.69, 9.17) is 5.73 Å². The molecule has 2 aromatic rings. The number of nitrogens with two attached hydrogens (primary N) is 1. The quantitative estimate of drug-likeness (QED) is 0.637. The van der Waals surface area contributed by atoms with Crippen molar-refractivity contribution in [3.05, 3.63) is 46.5 Å². The number of benzene rings is 1. The second kappa shape index (κ2) is 9.30. The minimum atomic E-state index is -4.84. The lowest BCUT2D eigenvalue weighted by atomic mass is 9.81. The zero-order chi connectivity index (χ0) is 23.6. The smallest absolute Gasteiger partial charge is 0.367 e. The zero-order valence-electron chi connectivity index (χ0n) is 18.3. The van der Waals surface area contributed by atoms with Crippen LogP contribution >= 0.6 is 0 Å². The van der Waals surface area contributed by atoms with E-state index in [-0.39, 0.29) is 29.5 Å². The first-order chi connectivity index (χ1) is 15.0. The summed E-state index contributed by atoms with van der Waals surface area (Å²) < 4.78 is 54.1. The molecule has 1 aliphatic carbocycles.